The van der Waals surface area contributed by atoms with Crippen LogP contribution in [0.3, 0.4) is 0 Å². The van der Waals surface area contributed by atoms with E-state index in [2.05, 4.69) is 22.9 Å². The largest absolute Gasteiger partial charge is 0.354 e. The van der Waals surface area contributed by atoms with Gasteiger partial charge in [-0.05, 0) is 38.6 Å². The number of hydrogen-bond acceptors (Lipinski definition) is 3. The summed E-state index contributed by atoms with van der Waals surface area (Å²) in [5.41, 5.74) is -0.315. The third kappa shape index (κ3) is 3.26. The Bertz CT molecular complexity index is 332. The van der Waals surface area contributed by atoms with Crippen molar-refractivity contribution in [2.75, 3.05) is 19.6 Å². The van der Waals surface area contributed by atoms with Crippen molar-refractivity contribution >= 4 is 11.8 Å². The maximum absolute atomic E-state index is 12.6. The highest BCUT2D eigenvalue weighted by Gasteiger charge is 2.40. The topological polar surface area (TPSA) is 70.2 Å². The zero-order valence-corrected chi connectivity index (χ0v) is 11.8. The number of amides is 2. The van der Waals surface area contributed by atoms with Gasteiger partial charge in [0.1, 0.15) is 6.04 Å². The fourth-order valence-corrected chi connectivity index (χ4v) is 3.19. The molecule has 2 atom stereocenters. The normalized spacial score (nSPS) is 31.6. The van der Waals surface area contributed by atoms with Crippen molar-refractivity contribution in [2.45, 2.75) is 51.5 Å². The minimum Gasteiger partial charge on any atom is -0.354 e. The Hall–Kier alpha value is -1.10. The van der Waals surface area contributed by atoms with E-state index >= 15 is 0 Å². The van der Waals surface area contributed by atoms with Gasteiger partial charge in [-0.1, -0.05) is 13.3 Å². The van der Waals surface area contributed by atoms with Gasteiger partial charge in [0.2, 0.25) is 11.8 Å². The summed E-state index contributed by atoms with van der Waals surface area (Å²) in [6.45, 7) is 4.56. The van der Waals surface area contributed by atoms with Crippen molar-refractivity contribution in [2.24, 2.45) is 5.41 Å². The molecule has 2 aliphatic rings. The Balaban J connectivity index is 2.00. The van der Waals surface area contributed by atoms with Gasteiger partial charge >= 0.3 is 0 Å². The molecule has 19 heavy (non-hydrogen) atoms. The van der Waals surface area contributed by atoms with Gasteiger partial charge in [0.05, 0.1) is 5.41 Å². The molecular formula is C14H25N3O2. The molecule has 3 N–H and O–H groups in total. The second kappa shape index (κ2) is 6.37. The summed E-state index contributed by atoms with van der Waals surface area (Å²) >= 11 is 0. The first-order valence-corrected chi connectivity index (χ1v) is 7.47. The quantitative estimate of drug-likeness (QED) is 0.697. The summed E-state index contributed by atoms with van der Waals surface area (Å²) in [6.07, 6.45) is 5.54. The molecule has 5 heteroatoms. The summed E-state index contributed by atoms with van der Waals surface area (Å²) in [7, 11) is 0. The molecular weight excluding hydrogens is 242 g/mol. The van der Waals surface area contributed by atoms with Gasteiger partial charge in [0, 0.05) is 13.1 Å². The van der Waals surface area contributed by atoms with Crippen molar-refractivity contribution in [3.63, 3.8) is 0 Å². The van der Waals surface area contributed by atoms with Crippen molar-refractivity contribution in [3.05, 3.63) is 0 Å². The highest BCUT2D eigenvalue weighted by atomic mass is 16.2. The highest BCUT2D eigenvalue weighted by molar-refractivity contribution is 5.90. The van der Waals surface area contributed by atoms with Gasteiger partial charge in [-0.15, -0.1) is 0 Å². The SMILES string of the molecule is CCCC1(C(=O)NC2CCCNC2=O)CCCNC1. The van der Waals surface area contributed by atoms with Gasteiger partial charge in [-0.3, -0.25) is 9.59 Å². The molecule has 2 unspecified atom stereocenters. The first-order chi connectivity index (χ1) is 9.18. The molecule has 0 bridgehead atoms. The van der Waals surface area contributed by atoms with E-state index in [1.807, 2.05) is 0 Å². The Morgan fingerprint density at radius 2 is 2.26 bits per heavy atom. The van der Waals surface area contributed by atoms with Crippen molar-refractivity contribution in [3.8, 4) is 0 Å². The van der Waals surface area contributed by atoms with Crippen LogP contribution in [-0.2, 0) is 9.59 Å². The van der Waals surface area contributed by atoms with Crippen LogP contribution < -0.4 is 16.0 Å². The van der Waals surface area contributed by atoms with Crippen molar-refractivity contribution < 1.29 is 9.59 Å². The first-order valence-electron chi connectivity index (χ1n) is 7.47. The maximum Gasteiger partial charge on any atom is 0.242 e. The third-order valence-corrected chi connectivity index (χ3v) is 4.27. The number of carbonyl (C=O) groups excluding carboxylic acids is 2. The Kier molecular flexibility index (Phi) is 4.80. The highest BCUT2D eigenvalue weighted by Crippen LogP contribution is 2.32. The minimum absolute atomic E-state index is 0.0324. The smallest absolute Gasteiger partial charge is 0.242 e. The van der Waals surface area contributed by atoms with Crippen molar-refractivity contribution in [1.29, 1.82) is 0 Å². The first kappa shape index (κ1) is 14.3. The van der Waals surface area contributed by atoms with Crippen LogP contribution in [0.15, 0.2) is 0 Å². The standard InChI is InChI=1S/C14H25N3O2/c1-2-6-14(7-4-8-15-10-14)13(19)17-11-5-3-9-16-12(11)18/h11,15H,2-10H2,1H3,(H,16,18)(H,17,19). The van der Waals surface area contributed by atoms with Crippen LogP contribution in [0.1, 0.15) is 45.4 Å². The predicted octanol–water partition coefficient (Wildman–Crippen LogP) is 0.551. The van der Waals surface area contributed by atoms with Crippen LogP contribution in [0.4, 0.5) is 0 Å². The average molecular weight is 267 g/mol. The summed E-state index contributed by atoms with van der Waals surface area (Å²) in [5, 5.41) is 9.12. The summed E-state index contributed by atoms with van der Waals surface area (Å²) in [5.74, 6) is 0.0265. The average Bonchev–Trinajstić information content (AvgIpc) is 2.42. The zero-order valence-electron chi connectivity index (χ0n) is 11.8. The van der Waals surface area contributed by atoms with E-state index in [0.717, 1.165) is 58.2 Å². The van der Waals surface area contributed by atoms with E-state index in [0.29, 0.717) is 0 Å². The van der Waals surface area contributed by atoms with E-state index in [-0.39, 0.29) is 23.3 Å². The fraction of sp³-hybridized carbons (Fsp3) is 0.857. The van der Waals surface area contributed by atoms with Gasteiger partial charge in [0.25, 0.3) is 0 Å². The molecule has 0 spiro atoms. The minimum atomic E-state index is -0.336. The number of piperidine rings is 2. The zero-order chi connectivity index (χ0) is 13.7. The van der Waals surface area contributed by atoms with E-state index in [1.165, 1.54) is 0 Å². The van der Waals surface area contributed by atoms with Gasteiger partial charge in [-0.2, -0.15) is 0 Å². The lowest BCUT2D eigenvalue weighted by molar-refractivity contribution is -0.137. The predicted molar refractivity (Wildman–Crippen MR) is 73.6 cm³/mol. The number of nitrogens with one attached hydrogen (secondary N) is 3. The molecule has 0 aliphatic carbocycles. The molecule has 2 saturated heterocycles. The lowest BCUT2D eigenvalue weighted by atomic mass is 9.76. The Morgan fingerprint density at radius 1 is 1.42 bits per heavy atom. The molecule has 108 valence electrons. The molecule has 0 aromatic carbocycles. The molecule has 0 aromatic rings. The van der Waals surface area contributed by atoms with Gasteiger partial charge < -0.3 is 16.0 Å². The number of hydrogen-bond donors (Lipinski definition) is 3. The second-order valence-corrected chi connectivity index (χ2v) is 5.77. The van der Waals surface area contributed by atoms with E-state index < -0.39 is 0 Å². The van der Waals surface area contributed by atoms with Crippen LogP contribution in [0.25, 0.3) is 0 Å². The Labute approximate surface area is 114 Å². The van der Waals surface area contributed by atoms with Crippen LogP contribution in [-0.4, -0.2) is 37.5 Å². The second-order valence-electron chi connectivity index (χ2n) is 5.77. The van der Waals surface area contributed by atoms with E-state index in [4.69, 9.17) is 0 Å². The summed E-state index contributed by atoms with van der Waals surface area (Å²) < 4.78 is 0. The summed E-state index contributed by atoms with van der Waals surface area (Å²) in [4.78, 5) is 24.3. The molecule has 2 aliphatic heterocycles. The Morgan fingerprint density at radius 3 is 2.89 bits per heavy atom. The number of carbonyl (C=O) groups is 2. The lowest BCUT2D eigenvalue weighted by Crippen LogP contribution is -2.57. The van der Waals surface area contributed by atoms with Gasteiger partial charge in [0.15, 0.2) is 0 Å². The van der Waals surface area contributed by atoms with Crippen molar-refractivity contribution in [1.82, 2.24) is 16.0 Å². The third-order valence-electron chi connectivity index (χ3n) is 4.27. The van der Waals surface area contributed by atoms with Crippen LogP contribution in [0.5, 0.6) is 0 Å². The molecule has 0 radical (unpaired) electrons. The molecule has 2 heterocycles. The number of rotatable bonds is 4. The van der Waals surface area contributed by atoms with E-state index in [9.17, 15) is 9.59 Å². The monoisotopic (exact) mass is 267 g/mol. The molecule has 5 nitrogen and oxygen atoms in total. The fourth-order valence-electron chi connectivity index (χ4n) is 3.19. The molecule has 2 rings (SSSR count). The van der Waals surface area contributed by atoms with Crippen LogP contribution in [0.2, 0.25) is 0 Å². The van der Waals surface area contributed by atoms with Gasteiger partial charge in [-0.25, -0.2) is 0 Å². The molecule has 0 aromatic heterocycles. The molecule has 0 saturated carbocycles. The molecule has 2 amide bonds. The van der Waals surface area contributed by atoms with E-state index in [1.54, 1.807) is 0 Å². The maximum atomic E-state index is 12.6. The lowest BCUT2D eigenvalue weighted by Gasteiger charge is -2.37. The van der Waals surface area contributed by atoms with Crippen LogP contribution in [0, 0.1) is 5.41 Å². The summed E-state index contributed by atoms with van der Waals surface area (Å²) in [6, 6.07) is -0.336. The van der Waals surface area contributed by atoms with Crippen LogP contribution >= 0.6 is 0 Å². The molecule has 2 fully saturated rings.